The molecule has 0 aliphatic rings. The number of likely N-dealkylation sites (N-methyl/N-ethyl adjacent to an activating group) is 1. The maximum Gasteiger partial charge on any atom is 0.416 e. The van der Waals surface area contributed by atoms with Crippen LogP contribution in [0.15, 0.2) is 18.2 Å². The van der Waals surface area contributed by atoms with Crippen molar-refractivity contribution in [1.29, 1.82) is 0 Å². The van der Waals surface area contributed by atoms with Gasteiger partial charge in [-0.05, 0) is 25.5 Å². The fraction of sp³-hybridized carbons (Fsp3) is 0.538. The topological polar surface area (TPSA) is 55.2 Å². The number of nitrogens with one attached hydrogen (secondary N) is 1. The molecule has 0 fully saturated rings. The molecule has 0 heterocycles. The third-order valence-corrected chi connectivity index (χ3v) is 3.12. The number of hydrogen-bond acceptors (Lipinski definition) is 3. The Morgan fingerprint density at radius 2 is 2.05 bits per heavy atom. The third-order valence-electron chi connectivity index (χ3n) is 3.12. The van der Waals surface area contributed by atoms with Crippen LogP contribution in [0.3, 0.4) is 0 Å². The minimum atomic E-state index is -4.59. The molecule has 20 heavy (non-hydrogen) atoms. The second kappa shape index (κ2) is 6.69. The van der Waals surface area contributed by atoms with Crippen molar-refractivity contribution in [3.05, 3.63) is 39.4 Å². The minimum Gasteiger partial charge on any atom is -0.317 e. The lowest BCUT2D eigenvalue weighted by atomic mass is 9.97. The second-order valence-corrected chi connectivity index (χ2v) is 4.57. The molecule has 7 heteroatoms. The Balaban J connectivity index is 3.15. The van der Waals surface area contributed by atoms with E-state index in [-0.39, 0.29) is 18.0 Å². The van der Waals surface area contributed by atoms with Crippen molar-refractivity contribution in [2.75, 3.05) is 7.05 Å². The summed E-state index contributed by atoms with van der Waals surface area (Å²) in [6.45, 7) is 1.95. The maximum atomic E-state index is 13.0. The first-order chi connectivity index (χ1) is 9.29. The van der Waals surface area contributed by atoms with Crippen molar-refractivity contribution in [1.82, 2.24) is 5.32 Å². The number of hydrogen-bond donors (Lipinski definition) is 1. The number of nitrogens with zero attached hydrogens (tertiary/aromatic N) is 1. The summed E-state index contributed by atoms with van der Waals surface area (Å²) in [5.41, 5.74) is -1.39. The molecule has 0 amide bonds. The summed E-state index contributed by atoms with van der Waals surface area (Å²) in [6, 6.07) is 2.83. The zero-order chi connectivity index (χ0) is 15.3. The van der Waals surface area contributed by atoms with Crippen LogP contribution >= 0.6 is 0 Å². The lowest BCUT2D eigenvalue weighted by Gasteiger charge is -2.18. The van der Waals surface area contributed by atoms with Gasteiger partial charge in [-0.25, -0.2) is 0 Å². The predicted molar refractivity (Wildman–Crippen MR) is 69.6 cm³/mol. The highest BCUT2D eigenvalue weighted by atomic mass is 19.4. The molecule has 1 aromatic carbocycles. The van der Waals surface area contributed by atoms with Crippen LogP contribution in [-0.4, -0.2) is 18.0 Å². The van der Waals surface area contributed by atoms with Crippen LogP contribution < -0.4 is 5.32 Å². The van der Waals surface area contributed by atoms with Gasteiger partial charge in [0.15, 0.2) is 0 Å². The smallest absolute Gasteiger partial charge is 0.317 e. The highest BCUT2D eigenvalue weighted by Crippen LogP contribution is 2.35. The molecule has 1 rings (SSSR count). The van der Waals surface area contributed by atoms with Crippen LogP contribution in [0.2, 0.25) is 0 Å². The maximum absolute atomic E-state index is 13.0. The van der Waals surface area contributed by atoms with Crippen LogP contribution in [0.5, 0.6) is 0 Å². The summed E-state index contributed by atoms with van der Waals surface area (Å²) in [5, 5.41) is 13.6. The summed E-state index contributed by atoms with van der Waals surface area (Å²) in [4.78, 5) is 9.78. The van der Waals surface area contributed by atoms with E-state index in [0.29, 0.717) is 6.07 Å². The number of rotatable bonds is 6. The highest BCUT2D eigenvalue weighted by Gasteiger charge is 2.35. The first kappa shape index (κ1) is 16.4. The van der Waals surface area contributed by atoms with E-state index in [9.17, 15) is 23.3 Å². The molecule has 0 saturated heterocycles. The summed E-state index contributed by atoms with van der Waals surface area (Å²) >= 11 is 0. The number of alkyl halides is 3. The van der Waals surface area contributed by atoms with Crippen molar-refractivity contribution in [3.8, 4) is 0 Å². The Morgan fingerprint density at radius 1 is 1.40 bits per heavy atom. The molecule has 0 bridgehead atoms. The van der Waals surface area contributed by atoms with Gasteiger partial charge < -0.3 is 5.32 Å². The van der Waals surface area contributed by atoms with Gasteiger partial charge in [-0.15, -0.1) is 0 Å². The van der Waals surface area contributed by atoms with E-state index in [4.69, 9.17) is 0 Å². The number of non-ortho nitro benzene ring substituents is 1. The Morgan fingerprint density at radius 3 is 2.50 bits per heavy atom. The molecule has 0 saturated carbocycles. The average molecular weight is 290 g/mol. The van der Waals surface area contributed by atoms with Crippen molar-refractivity contribution >= 4 is 5.69 Å². The van der Waals surface area contributed by atoms with E-state index in [0.717, 1.165) is 18.9 Å². The largest absolute Gasteiger partial charge is 0.416 e. The summed E-state index contributed by atoms with van der Waals surface area (Å²) in [6.07, 6.45) is -2.81. The third kappa shape index (κ3) is 4.19. The lowest BCUT2D eigenvalue weighted by molar-refractivity contribution is -0.385. The van der Waals surface area contributed by atoms with E-state index >= 15 is 0 Å². The SMILES string of the molecule is CCCC(Cc1ccc([N+](=O)[O-])cc1C(F)(F)F)NC. The van der Waals surface area contributed by atoms with E-state index in [1.165, 1.54) is 6.07 Å². The summed E-state index contributed by atoms with van der Waals surface area (Å²) < 4.78 is 39.0. The van der Waals surface area contributed by atoms with Gasteiger partial charge in [-0.3, -0.25) is 10.1 Å². The summed E-state index contributed by atoms with van der Waals surface area (Å²) in [5.74, 6) is 0. The van der Waals surface area contributed by atoms with E-state index < -0.39 is 22.4 Å². The van der Waals surface area contributed by atoms with Gasteiger partial charge >= 0.3 is 6.18 Å². The quantitative estimate of drug-likeness (QED) is 0.644. The minimum absolute atomic E-state index is 0.0795. The van der Waals surface area contributed by atoms with Gasteiger partial charge in [0.1, 0.15) is 0 Å². The van der Waals surface area contributed by atoms with Crippen molar-refractivity contribution in [3.63, 3.8) is 0 Å². The van der Waals surface area contributed by atoms with E-state index in [1.807, 2.05) is 6.92 Å². The highest BCUT2D eigenvalue weighted by molar-refractivity contribution is 5.41. The van der Waals surface area contributed by atoms with Gasteiger partial charge in [0.25, 0.3) is 5.69 Å². The number of nitro benzene ring substituents is 1. The van der Waals surface area contributed by atoms with Crippen molar-refractivity contribution in [2.24, 2.45) is 0 Å². The average Bonchev–Trinajstić information content (AvgIpc) is 2.37. The predicted octanol–water partition coefficient (Wildman–Crippen LogP) is 3.54. The fourth-order valence-corrected chi connectivity index (χ4v) is 2.08. The zero-order valence-corrected chi connectivity index (χ0v) is 11.3. The van der Waals surface area contributed by atoms with Gasteiger partial charge in [-0.1, -0.05) is 19.4 Å². The number of halogens is 3. The molecule has 1 unspecified atom stereocenters. The molecule has 1 N–H and O–H groups in total. The Kier molecular flexibility index (Phi) is 5.50. The monoisotopic (exact) mass is 290 g/mol. The molecule has 0 spiro atoms. The van der Waals surface area contributed by atoms with Gasteiger partial charge in [0.2, 0.25) is 0 Å². The molecular weight excluding hydrogens is 273 g/mol. The molecule has 0 aromatic heterocycles. The fourth-order valence-electron chi connectivity index (χ4n) is 2.08. The van der Waals surface area contributed by atoms with E-state index in [2.05, 4.69) is 5.32 Å². The van der Waals surface area contributed by atoms with Gasteiger partial charge in [0.05, 0.1) is 10.5 Å². The van der Waals surface area contributed by atoms with Crippen molar-refractivity contribution < 1.29 is 18.1 Å². The molecule has 1 atom stereocenters. The Labute approximate surface area is 115 Å². The normalized spacial score (nSPS) is 13.2. The second-order valence-electron chi connectivity index (χ2n) is 4.57. The van der Waals surface area contributed by atoms with Crippen LogP contribution in [0, 0.1) is 10.1 Å². The van der Waals surface area contributed by atoms with Crippen molar-refractivity contribution in [2.45, 2.75) is 38.4 Å². The van der Waals surface area contributed by atoms with Crippen LogP contribution in [0.25, 0.3) is 0 Å². The first-order valence-electron chi connectivity index (χ1n) is 6.31. The summed E-state index contributed by atoms with van der Waals surface area (Å²) in [7, 11) is 1.69. The molecule has 4 nitrogen and oxygen atoms in total. The van der Waals surface area contributed by atoms with Gasteiger partial charge in [-0.2, -0.15) is 13.2 Å². The zero-order valence-electron chi connectivity index (χ0n) is 11.3. The standard InChI is InChI=1S/C13H17F3N2O2/c1-3-4-10(17-2)7-9-5-6-11(18(19)20)8-12(9)13(14,15)16/h5-6,8,10,17H,3-4,7H2,1-2H3. The lowest BCUT2D eigenvalue weighted by Crippen LogP contribution is -2.28. The molecule has 0 radical (unpaired) electrons. The number of nitro groups is 1. The molecule has 0 aliphatic heterocycles. The van der Waals surface area contributed by atoms with Crippen LogP contribution in [0.4, 0.5) is 18.9 Å². The molecule has 0 aliphatic carbocycles. The van der Waals surface area contributed by atoms with Gasteiger partial charge in [0, 0.05) is 18.2 Å². The Bertz CT molecular complexity index is 475. The van der Waals surface area contributed by atoms with Crippen LogP contribution in [-0.2, 0) is 12.6 Å². The molecule has 112 valence electrons. The molecular formula is C13H17F3N2O2. The molecule has 1 aromatic rings. The van der Waals surface area contributed by atoms with Crippen LogP contribution in [0.1, 0.15) is 30.9 Å². The first-order valence-corrected chi connectivity index (χ1v) is 6.31. The number of benzene rings is 1. The Hall–Kier alpha value is -1.63. The van der Waals surface area contributed by atoms with E-state index in [1.54, 1.807) is 7.05 Å².